The van der Waals surface area contributed by atoms with Crippen LogP contribution in [0.1, 0.15) is 27.9 Å². The molecule has 0 aliphatic rings. The van der Waals surface area contributed by atoms with Crippen LogP contribution in [0.15, 0.2) is 18.5 Å². The van der Waals surface area contributed by atoms with E-state index in [4.69, 9.17) is 11.6 Å². The number of hydrogen-bond acceptors (Lipinski definition) is 5. The van der Waals surface area contributed by atoms with E-state index in [2.05, 4.69) is 14.6 Å². The van der Waals surface area contributed by atoms with Gasteiger partial charge in [0.15, 0.2) is 5.78 Å². The Labute approximate surface area is 108 Å². The van der Waals surface area contributed by atoms with Crippen molar-refractivity contribution in [3.63, 3.8) is 0 Å². The molecule has 6 heteroatoms. The van der Waals surface area contributed by atoms with Crippen molar-refractivity contribution in [3.05, 3.63) is 39.6 Å². The Morgan fingerprint density at radius 1 is 1.53 bits per heavy atom. The van der Waals surface area contributed by atoms with Crippen LogP contribution in [0, 0.1) is 0 Å². The maximum Gasteiger partial charge on any atom is 0.180 e. The van der Waals surface area contributed by atoms with Crippen molar-refractivity contribution in [2.24, 2.45) is 0 Å². The van der Waals surface area contributed by atoms with Crippen LogP contribution in [0.4, 0.5) is 0 Å². The molecule has 0 aliphatic carbocycles. The number of halogens is 1. The number of nitrogens with zero attached hydrogens (tertiary/aromatic N) is 3. The molecule has 0 atom stereocenters. The Morgan fingerprint density at radius 2 is 2.35 bits per heavy atom. The predicted octanol–water partition coefficient (Wildman–Crippen LogP) is 2.57. The molecule has 0 unspecified atom stereocenters. The maximum absolute atomic E-state index is 12.1. The van der Waals surface area contributed by atoms with E-state index in [0.29, 0.717) is 16.3 Å². The summed E-state index contributed by atoms with van der Waals surface area (Å²) in [6.07, 6.45) is 4.13. The van der Waals surface area contributed by atoms with Gasteiger partial charge in [-0.25, -0.2) is 0 Å². The van der Waals surface area contributed by atoms with Crippen molar-refractivity contribution < 1.29 is 4.79 Å². The third-order valence-electron chi connectivity index (χ3n) is 2.35. The highest BCUT2D eigenvalue weighted by atomic mass is 35.5. The van der Waals surface area contributed by atoms with Gasteiger partial charge in [0, 0.05) is 18.8 Å². The fourth-order valence-electron chi connectivity index (χ4n) is 1.45. The van der Waals surface area contributed by atoms with Crippen molar-refractivity contribution in [2.75, 3.05) is 0 Å². The third kappa shape index (κ3) is 2.68. The molecule has 17 heavy (non-hydrogen) atoms. The first kappa shape index (κ1) is 12.1. The summed E-state index contributed by atoms with van der Waals surface area (Å²) in [7, 11) is 0. The van der Waals surface area contributed by atoms with Crippen LogP contribution in [0.25, 0.3) is 0 Å². The predicted molar refractivity (Wildman–Crippen MR) is 66.6 cm³/mol. The molecular formula is C11H10ClN3OS. The van der Waals surface area contributed by atoms with E-state index in [9.17, 15) is 4.79 Å². The molecule has 0 aliphatic heterocycles. The largest absolute Gasteiger partial charge is 0.293 e. The molecule has 2 aromatic rings. The Morgan fingerprint density at radius 3 is 3.06 bits per heavy atom. The Kier molecular flexibility index (Phi) is 3.81. The highest BCUT2D eigenvalue weighted by Gasteiger charge is 2.16. The number of aromatic nitrogens is 3. The van der Waals surface area contributed by atoms with Gasteiger partial charge in [-0.1, -0.05) is 23.0 Å². The fraction of sp³-hybridized carbons (Fsp3) is 0.273. The lowest BCUT2D eigenvalue weighted by molar-refractivity contribution is 0.0996. The third-order valence-corrected chi connectivity index (χ3v) is 3.50. The van der Waals surface area contributed by atoms with Gasteiger partial charge in [0.2, 0.25) is 0 Å². The average molecular weight is 268 g/mol. The summed E-state index contributed by atoms with van der Waals surface area (Å²) in [4.78, 5) is 16.6. The van der Waals surface area contributed by atoms with Gasteiger partial charge in [0.1, 0.15) is 4.88 Å². The molecule has 0 saturated heterocycles. The van der Waals surface area contributed by atoms with Crippen LogP contribution in [0.3, 0.4) is 0 Å². The second kappa shape index (κ2) is 5.33. The normalized spacial score (nSPS) is 10.5. The topological polar surface area (TPSA) is 55.7 Å². The van der Waals surface area contributed by atoms with E-state index in [-0.39, 0.29) is 12.2 Å². The summed E-state index contributed by atoms with van der Waals surface area (Å²) in [6, 6.07) is 1.75. The van der Waals surface area contributed by atoms with Crippen molar-refractivity contribution in [1.82, 2.24) is 14.6 Å². The molecule has 2 heterocycles. The number of aryl methyl sites for hydroxylation is 1. The van der Waals surface area contributed by atoms with Crippen molar-refractivity contribution in [1.29, 1.82) is 0 Å². The molecule has 88 valence electrons. The molecule has 0 fully saturated rings. The minimum absolute atomic E-state index is 0.00458. The number of hydrogen-bond donors (Lipinski definition) is 0. The zero-order valence-corrected chi connectivity index (χ0v) is 10.8. The lowest BCUT2D eigenvalue weighted by atomic mass is 10.1. The smallest absolute Gasteiger partial charge is 0.180 e. The first-order valence-corrected chi connectivity index (χ1v) is 6.30. The van der Waals surface area contributed by atoms with Gasteiger partial charge in [-0.2, -0.15) is 0 Å². The highest BCUT2D eigenvalue weighted by Crippen LogP contribution is 2.19. The van der Waals surface area contributed by atoms with Gasteiger partial charge in [-0.3, -0.25) is 9.78 Å². The molecule has 0 aromatic carbocycles. The number of rotatable bonds is 4. The Hall–Kier alpha value is -1.33. The van der Waals surface area contributed by atoms with Gasteiger partial charge in [0.25, 0.3) is 0 Å². The lowest BCUT2D eigenvalue weighted by Crippen LogP contribution is -2.05. The highest BCUT2D eigenvalue weighted by molar-refractivity contribution is 7.08. The standard InChI is InChI=1S/C11H10ClN3OS/c1-2-9-11(17-15-14-9)10(16)5-7-3-4-13-6-8(7)12/h3-4,6H,2,5H2,1H3. The van der Waals surface area contributed by atoms with Crippen LogP contribution in [0.5, 0.6) is 0 Å². The van der Waals surface area contributed by atoms with E-state index in [1.807, 2.05) is 6.92 Å². The first-order chi connectivity index (χ1) is 8.22. The fourth-order valence-corrected chi connectivity index (χ4v) is 2.32. The molecule has 0 saturated carbocycles. The van der Waals surface area contributed by atoms with Crippen LogP contribution in [-0.4, -0.2) is 20.4 Å². The number of Topliss-reactive ketones (excluding diaryl/α,β-unsaturated/α-hetero) is 1. The molecule has 2 aromatic heterocycles. The summed E-state index contributed by atoms with van der Waals surface area (Å²) in [5.41, 5.74) is 1.53. The summed E-state index contributed by atoms with van der Waals surface area (Å²) >= 11 is 7.10. The van der Waals surface area contributed by atoms with Gasteiger partial charge >= 0.3 is 0 Å². The molecule has 0 bridgehead atoms. The minimum atomic E-state index is 0.00458. The van der Waals surface area contributed by atoms with E-state index in [1.165, 1.54) is 6.20 Å². The number of pyridine rings is 1. The Bertz CT molecular complexity index is 541. The zero-order chi connectivity index (χ0) is 12.3. The van der Waals surface area contributed by atoms with E-state index < -0.39 is 0 Å². The van der Waals surface area contributed by atoms with Gasteiger partial charge < -0.3 is 0 Å². The lowest BCUT2D eigenvalue weighted by Gasteiger charge is -2.01. The summed E-state index contributed by atoms with van der Waals surface area (Å²) in [5, 5.41) is 4.43. The molecule has 0 amide bonds. The van der Waals surface area contributed by atoms with Crippen LogP contribution >= 0.6 is 23.1 Å². The molecule has 0 N–H and O–H groups in total. The van der Waals surface area contributed by atoms with Crippen molar-refractivity contribution in [3.8, 4) is 0 Å². The van der Waals surface area contributed by atoms with Crippen LogP contribution in [0.2, 0.25) is 5.02 Å². The number of ketones is 1. The van der Waals surface area contributed by atoms with Crippen LogP contribution < -0.4 is 0 Å². The monoisotopic (exact) mass is 267 g/mol. The van der Waals surface area contributed by atoms with Gasteiger partial charge in [-0.05, 0) is 29.6 Å². The van der Waals surface area contributed by atoms with Crippen molar-refractivity contribution in [2.45, 2.75) is 19.8 Å². The molecule has 0 spiro atoms. The molecule has 4 nitrogen and oxygen atoms in total. The second-order valence-corrected chi connectivity index (χ2v) is 4.63. The second-order valence-electron chi connectivity index (χ2n) is 3.47. The summed E-state index contributed by atoms with van der Waals surface area (Å²) in [5.74, 6) is 0.00458. The van der Waals surface area contributed by atoms with Gasteiger partial charge in [-0.15, -0.1) is 5.10 Å². The zero-order valence-electron chi connectivity index (χ0n) is 9.18. The van der Waals surface area contributed by atoms with Crippen LogP contribution in [-0.2, 0) is 12.8 Å². The summed E-state index contributed by atoms with van der Waals surface area (Å²) in [6.45, 7) is 1.95. The number of carbonyl (C=O) groups is 1. The first-order valence-electron chi connectivity index (χ1n) is 5.15. The Balaban J connectivity index is 2.20. The van der Waals surface area contributed by atoms with E-state index in [1.54, 1.807) is 12.3 Å². The van der Waals surface area contributed by atoms with Gasteiger partial charge in [0.05, 0.1) is 10.7 Å². The SMILES string of the molecule is CCc1nnsc1C(=O)Cc1ccncc1Cl. The van der Waals surface area contributed by atoms with E-state index >= 15 is 0 Å². The molecule has 0 radical (unpaired) electrons. The van der Waals surface area contributed by atoms with Crippen molar-refractivity contribution >= 4 is 28.9 Å². The quantitative estimate of drug-likeness (QED) is 0.799. The number of carbonyl (C=O) groups excluding carboxylic acids is 1. The van der Waals surface area contributed by atoms with E-state index in [0.717, 1.165) is 22.8 Å². The molecular weight excluding hydrogens is 258 g/mol. The molecule has 2 rings (SSSR count). The minimum Gasteiger partial charge on any atom is -0.293 e. The average Bonchev–Trinajstić information content (AvgIpc) is 2.80. The summed E-state index contributed by atoms with van der Waals surface area (Å²) < 4.78 is 3.80. The maximum atomic E-state index is 12.1.